The molecule has 2 fully saturated rings. The van der Waals surface area contributed by atoms with Crippen molar-refractivity contribution in [3.05, 3.63) is 94.3 Å². The smallest absolute Gasteiger partial charge is 0.350 e. The average molecular weight is 521 g/mol. The van der Waals surface area contributed by atoms with Crippen molar-refractivity contribution >= 4 is 18.0 Å². The number of ether oxygens (including phenoxy) is 1. The van der Waals surface area contributed by atoms with Gasteiger partial charge in [-0.2, -0.15) is 0 Å². The van der Waals surface area contributed by atoms with Crippen molar-refractivity contribution < 1.29 is 27.9 Å². The van der Waals surface area contributed by atoms with E-state index in [2.05, 4.69) is 9.72 Å². The number of halogens is 2. The lowest BCUT2D eigenvalue weighted by atomic mass is 9.95. The molecule has 198 valence electrons. The van der Waals surface area contributed by atoms with Gasteiger partial charge in [0.15, 0.2) is 17.4 Å². The lowest BCUT2D eigenvalue weighted by Crippen LogP contribution is -2.16. The van der Waals surface area contributed by atoms with E-state index in [0.717, 1.165) is 49.1 Å². The van der Waals surface area contributed by atoms with Crippen LogP contribution in [0.1, 0.15) is 77.3 Å². The summed E-state index contributed by atoms with van der Waals surface area (Å²) in [6.45, 7) is 0.863. The first kappa shape index (κ1) is 25.8. The second kappa shape index (κ2) is 11.7. The molecule has 3 aromatic rings. The Bertz CT molecular complexity index is 1330. The van der Waals surface area contributed by atoms with Gasteiger partial charge in [-0.25, -0.2) is 13.6 Å². The molecule has 0 radical (unpaired) electrons. The Kier molecular flexibility index (Phi) is 7.96. The van der Waals surface area contributed by atoms with Crippen molar-refractivity contribution in [3.63, 3.8) is 0 Å². The third-order valence-corrected chi connectivity index (χ3v) is 7.28. The third kappa shape index (κ3) is 5.85. The molecule has 2 aliphatic rings. The molecule has 1 atom stereocenters. The van der Waals surface area contributed by atoms with E-state index < -0.39 is 23.7 Å². The first-order valence-electron chi connectivity index (χ1n) is 13.1. The minimum absolute atomic E-state index is 0.0571. The largest absolute Gasteiger partial charge is 0.463 e. The maximum absolute atomic E-state index is 13.7. The van der Waals surface area contributed by atoms with Gasteiger partial charge >= 0.3 is 5.97 Å². The van der Waals surface area contributed by atoms with Gasteiger partial charge in [0, 0.05) is 30.6 Å². The van der Waals surface area contributed by atoms with Crippen LogP contribution in [0, 0.1) is 11.6 Å². The summed E-state index contributed by atoms with van der Waals surface area (Å²) in [6, 6.07) is 15.6. The summed E-state index contributed by atoms with van der Waals surface area (Å²) < 4.78 is 34.1. The first-order chi connectivity index (χ1) is 18.5. The SMILES string of the molecule is O=C(CCc1ccc(F)c(F)c1)c1cc(/C=N/OC2CCOC2=O)n(Cc2ccccc2)c1C1CCCC1. The zero-order chi connectivity index (χ0) is 26.5. The highest BCUT2D eigenvalue weighted by Gasteiger charge is 2.30. The van der Waals surface area contributed by atoms with Crippen LogP contribution in [0.5, 0.6) is 0 Å². The van der Waals surface area contributed by atoms with Crippen molar-refractivity contribution in [2.75, 3.05) is 6.61 Å². The Balaban J connectivity index is 1.47. The Morgan fingerprint density at radius 3 is 2.53 bits per heavy atom. The van der Waals surface area contributed by atoms with Gasteiger partial charge in [0.1, 0.15) is 0 Å². The average Bonchev–Trinajstić information content (AvgIpc) is 3.67. The van der Waals surface area contributed by atoms with Crippen LogP contribution in [0.25, 0.3) is 0 Å². The molecule has 2 heterocycles. The van der Waals surface area contributed by atoms with Crippen LogP contribution in [0.4, 0.5) is 8.78 Å². The molecule has 1 saturated carbocycles. The third-order valence-electron chi connectivity index (χ3n) is 7.28. The number of nitrogens with zero attached hydrogens (tertiary/aromatic N) is 2. The predicted octanol–water partition coefficient (Wildman–Crippen LogP) is 5.95. The lowest BCUT2D eigenvalue weighted by Gasteiger charge is -2.18. The van der Waals surface area contributed by atoms with Crippen LogP contribution in [0.3, 0.4) is 0 Å². The van der Waals surface area contributed by atoms with E-state index in [1.807, 2.05) is 36.4 Å². The highest BCUT2D eigenvalue weighted by atomic mass is 19.2. The molecule has 1 aliphatic heterocycles. The predicted molar refractivity (Wildman–Crippen MR) is 138 cm³/mol. The molecule has 8 heteroatoms. The fraction of sp³-hybridized carbons (Fsp3) is 0.367. The van der Waals surface area contributed by atoms with Gasteiger partial charge in [0.2, 0.25) is 6.10 Å². The number of oxime groups is 1. The molecule has 0 amide bonds. The van der Waals surface area contributed by atoms with Crippen LogP contribution in [0.2, 0.25) is 0 Å². The molecule has 1 aromatic heterocycles. The number of hydrogen-bond acceptors (Lipinski definition) is 5. The fourth-order valence-electron chi connectivity index (χ4n) is 5.32. The Morgan fingerprint density at radius 2 is 1.82 bits per heavy atom. The van der Waals surface area contributed by atoms with E-state index in [1.54, 1.807) is 6.21 Å². The summed E-state index contributed by atoms with van der Waals surface area (Å²) in [5.41, 5.74) is 3.96. The maximum atomic E-state index is 13.7. The van der Waals surface area contributed by atoms with Gasteiger partial charge in [0.05, 0.1) is 18.5 Å². The van der Waals surface area contributed by atoms with E-state index in [1.165, 1.54) is 6.07 Å². The van der Waals surface area contributed by atoms with E-state index in [4.69, 9.17) is 9.57 Å². The lowest BCUT2D eigenvalue weighted by molar-refractivity contribution is -0.147. The summed E-state index contributed by atoms with van der Waals surface area (Å²) >= 11 is 0. The van der Waals surface area contributed by atoms with Crippen molar-refractivity contribution in [2.45, 2.75) is 63.5 Å². The number of ketones is 1. The summed E-state index contributed by atoms with van der Waals surface area (Å²) in [5, 5.41) is 4.09. The van der Waals surface area contributed by atoms with Gasteiger partial charge in [-0.15, -0.1) is 0 Å². The second-order valence-electron chi connectivity index (χ2n) is 9.88. The van der Waals surface area contributed by atoms with Crippen LogP contribution in [-0.2, 0) is 27.3 Å². The van der Waals surface area contributed by atoms with E-state index in [-0.39, 0.29) is 18.1 Å². The minimum atomic E-state index is -0.916. The zero-order valence-electron chi connectivity index (χ0n) is 21.1. The molecular formula is C30H30F2N2O4. The highest BCUT2D eigenvalue weighted by Crippen LogP contribution is 2.38. The molecule has 0 N–H and O–H groups in total. The number of carbonyl (C=O) groups excluding carboxylic acids is 2. The number of aromatic nitrogens is 1. The van der Waals surface area contributed by atoms with Crippen molar-refractivity contribution in [2.24, 2.45) is 5.16 Å². The van der Waals surface area contributed by atoms with Crippen LogP contribution >= 0.6 is 0 Å². The Morgan fingerprint density at radius 1 is 1.03 bits per heavy atom. The Hall–Kier alpha value is -3.81. The van der Waals surface area contributed by atoms with Crippen LogP contribution in [-0.4, -0.2) is 35.2 Å². The van der Waals surface area contributed by atoms with E-state index >= 15 is 0 Å². The number of esters is 1. The van der Waals surface area contributed by atoms with Gasteiger partial charge in [-0.1, -0.05) is 54.4 Å². The molecule has 1 unspecified atom stereocenters. The van der Waals surface area contributed by atoms with Crippen LogP contribution in [0.15, 0.2) is 59.8 Å². The second-order valence-corrected chi connectivity index (χ2v) is 9.88. The Labute approximate surface area is 220 Å². The first-order valence-corrected chi connectivity index (χ1v) is 13.1. The van der Waals surface area contributed by atoms with Crippen LogP contribution < -0.4 is 0 Å². The molecule has 1 saturated heterocycles. The molecule has 0 bridgehead atoms. The molecular weight excluding hydrogens is 490 g/mol. The monoisotopic (exact) mass is 520 g/mol. The molecule has 1 aliphatic carbocycles. The number of benzene rings is 2. The van der Waals surface area contributed by atoms with Gasteiger partial charge < -0.3 is 14.1 Å². The zero-order valence-corrected chi connectivity index (χ0v) is 21.1. The van der Waals surface area contributed by atoms with Crippen molar-refractivity contribution in [1.29, 1.82) is 0 Å². The molecule has 2 aromatic carbocycles. The van der Waals surface area contributed by atoms with E-state index in [0.29, 0.717) is 42.8 Å². The molecule has 6 nitrogen and oxygen atoms in total. The van der Waals surface area contributed by atoms with Crippen molar-refractivity contribution in [3.8, 4) is 0 Å². The summed E-state index contributed by atoms with van der Waals surface area (Å²) in [6.07, 6.45) is 5.92. The molecule has 5 rings (SSSR count). The number of hydrogen-bond donors (Lipinski definition) is 0. The number of cyclic esters (lactones) is 1. The van der Waals surface area contributed by atoms with E-state index in [9.17, 15) is 18.4 Å². The van der Waals surface area contributed by atoms with Gasteiger partial charge in [-0.3, -0.25) is 4.79 Å². The summed E-state index contributed by atoms with van der Waals surface area (Å²) in [5.74, 6) is -2.08. The molecule has 38 heavy (non-hydrogen) atoms. The molecule has 0 spiro atoms. The number of carbonyl (C=O) groups is 2. The van der Waals surface area contributed by atoms with Gasteiger partial charge in [0.25, 0.3) is 0 Å². The fourth-order valence-corrected chi connectivity index (χ4v) is 5.32. The quantitative estimate of drug-likeness (QED) is 0.143. The normalized spacial score (nSPS) is 17.8. The number of aryl methyl sites for hydroxylation is 1. The minimum Gasteiger partial charge on any atom is -0.463 e. The standard InChI is InChI=1S/C30H30F2N2O4/c31-25-12-10-20(16-26(25)32)11-13-27(35)24-17-23(18-33-38-28-14-15-37-30(28)36)34(19-21-6-2-1-3-7-21)29(24)22-8-4-5-9-22/h1-3,6-7,10,12,16-18,22,28H,4-5,8-9,11,13-15,19H2/b33-18+. The summed E-state index contributed by atoms with van der Waals surface area (Å²) in [4.78, 5) is 30.7. The summed E-state index contributed by atoms with van der Waals surface area (Å²) in [7, 11) is 0. The highest BCUT2D eigenvalue weighted by molar-refractivity contribution is 5.99. The maximum Gasteiger partial charge on any atom is 0.350 e. The topological polar surface area (TPSA) is 69.9 Å². The number of Topliss-reactive ketones (excluding diaryl/α,β-unsaturated/α-hetero) is 1. The number of rotatable bonds is 10. The van der Waals surface area contributed by atoms with Gasteiger partial charge in [-0.05, 0) is 54.5 Å². The van der Waals surface area contributed by atoms with Crippen molar-refractivity contribution in [1.82, 2.24) is 4.57 Å².